The number of carbonyl (C=O) groups excluding carboxylic acids is 2. The van der Waals surface area contributed by atoms with E-state index in [4.69, 9.17) is 25.9 Å². The highest BCUT2D eigenvalue weighted by Gasteiger charge is 2.38. The van der Waals surface area contributed by atoms with Crippen molar-refractivity contribution < 1.29 is 23.9 Å². The van der Waals surface area contributed by atoms with E-state index in [0.717, 1.165) is 0 Å². The first-order valence-corrected chi connectivity index (χ1v) is 6.92. The van der Waals surface area contributed by atoms with Crippen LogP contribution in [-0.4, -0.2) is 48.5 Å². The Kier molecular flexibility index (Phi) is 5.31. The van der Waals surface area contributed by atoms with E-state index in [1.54, 1.807) is 13.8 Å². The molecule has 0 radical (unpaired) electrons. The zero-order valence-electron chi connectivity index (χ0n) is 12.7. The Labute approximate surface area is 137 Å². The van der Waals surface area contributed by atoms with Gasteiger partial charge in [0, 0.05) is 0 Å². The summed E-state index contributed by atoms with van der Waals surface area (Å²) in [5.74, 6) is -0.757. The maximum absolute atomic E-state index is 10.8. The Morgan fingerprint density at radius 3 is 2.57 bits per heavy atom. The standard InChI is InChI=1S/C12H16ClN5O5/c1-12(2)22-4-7(23-12)18(21-3)10-8(14-5-19)9(13)16-11(17-10)15-6-20/h5-7H,4H2,1-3H3,(H,14,19)(H,15,16,17,20)/t7-/m0/s1. The summed E-state index contributed by atoms with van der Waals surface area (Å²) in [6, 6.07) is 0. The van der Waals surface area contributed by atoms with Gasteiger partial charge in [0.05, 0.1) is 13.7 Å². The first kappa shape index (κ1) is 17.3. The zero-order chi connectivity index (χ0) is 17.0. The molecule has 2 N–H and O–H groups in total. The first-order chi connectivity index (χ1) is 10.9. The second-order valence-electron chi connectivity index (χ2n) is 4.85. The Balaban J connectivity index is 2.44. The molecule has 2 amide bonds. The smallest absolute Gasteiger partial charge is 0.232 e. The normalized spacial score (nSPS) is 19.2. The van der Waals surface area contributed by atoms with Crippen molar-refractivity contribution in [2.75, 3.05) is 29.4 Å². The van der Waals surface area contributed by atoms with Crippen LogP contribution in [0.15, 0.2) is 0 Å². The van der Waals surface area contributed by atoms with E-state index < -0.39 is 12.0 Å². The number of aromatic nitrogens is 2. The predicted molar refractivity (Wildman–Crippen MR) is 80.8 cm³/mol. The first-order valence-electron chi connectivity index (χ1n) is 6.55. The molecule has 0 bridgehead atoms. The third-order valence-corrected chi connectivity index (χ3v) is 3.17. The van der Waals surface area contributed by atoms with Crippen LogP contribution in [0.1, 0.15) is 13.8 Å². The molecular weight excluding hydrogens is 330 g/mol. The summed E-state index contributed by atoms with van der Waals surface area (Å²) in [7, 11) is 1.39. The number of rotatable bonds is 7. The molecule has 0 aliphatic carbocycles. The van der Waals surface area contributed by atoms with Crippen LogP contribution in [0.5, 0.6) is 0 Å². The molecule has 23 heavy (non-hydrogen) atoms. The highest BCUT2D eigenvalue weighted by atomic mass is 35.5. The summed E-state index contributed by atoms with van der Waals surface area (Å²) >= 11 is 6.03. The molecule has 2 heterocycles. The number of hydrogen-bond acceptors (Lipinski definition) is 8. The average molecular weight is 346 g/mol. The predicted octanol–water partition coefficient (Wildman–Crippen LogP) is 0.743. The van der Waals surface area contributed by atoms with Gasteiger partial charge in [-0.15, -0.1) is 0 Å². The quantitative estimate of drug-likeness (QED) is 0.422. The number of hydroxylamine groups is 1. The molecular formula is C12H16ClN5O5. The van der Waals surface area contributed by atoms with Crippen molar-refractivity contribution >= 4 is 41.9 Å². The van der Waals surface area contributed by atoms with Gasteiger partial charge >= 0.3 is 0 Å². The fourth-order valence-electron chi connectivity index (χ4n) is 2.01. The fourth-order valence-corrected chi connectivity index (χ4v) is 2.22. The van der Waals surface area contributed by atoms with Gasteiger partial charge in [0.2, 0.25) is 18.8 Å². The third kappa shape index (κ3) is 3.85. The van der Waals surface area contributed by atoms with Crippen molar-refractivity contribution in [2.45, 2.75) is 25.9 Å². The second kappa shape index (κ2) is 7.04. The van der Waals surface area contributed by atoms with E-state index >= 15 is 0 Å². The minimum absolute atomic E-state index is 0.0586. The van der Waals surface area contributed by atoms with Crippen LogP contribution >= 0.6 is 11.6 Å². The minimum atomic E-state index is -0.805. The third-order valence-electron chi connectivity index (χ3n) is 2.90. The second-order valence-corrected chi connectivity index (χ2v) is 5.21. The lowest BCUT2D eigenvalue weighted by Gasteiger charge is -2.28. The molecule has 126 valence electrons. The van der Waals surface area contributed by atoms with Gasteiger partial charge in [-0.3, -0.25) is 19.7 Å². The van der Waals surface area contributed by atoms with Crippen molar-refractivity contribution in [3.8, 4) is 0 Å². The van der Waals surface area contributed by atoms with Gasteiger partial charge in [-0.2, -0.15) is 9.97 Å². The molecule has 0 saturated carbocycles. The summed E-state index contributed by atoms with van der Waals surface area (Å²) in [5, 5.41) is 5.88. The van der Waals surface area contributed by atoms with Crippen molar-refractivity contribution in [1.82, 2.24) is 9.97 Å². The molecule has 1 aromatic heterocycles. The molecule has 1 fully saturated rings. The number of ether oxygens (including phenoxy) is 2. The molecule has 0 unspecified atom stereocenters. The molecule has 0 spiro atoms. The molecule has 1 aliphatic rings. The van der Waals surface area contributed by atoms with Crippen LogP contribution in [0.25, 0.3) is 0 Å². The monoisotopic (exact) mass is 345 g/mol. The Bertz CT molecular complexity index is 599. The van der Waals surface area contributed by atoms with E-state index in [9.17, 15) is 9.59 Å². The van der Waals surface area contributed by atoms with Crippen LogP contribution in [0, 0.1) is 0 Å². The van der Waals surface area contributed by atoms with Crippen molar-refractivity contribution in [3.63, 3.8) is 0 Å². The maximum atomic E-state index is 10.8. The van der Waals surface area contributed by atoms with Crippen molar-refractivity contribution in [2.24, 2.45) is 0 Å². The highest BCUT2D eigenvalue weighted by molar-refractivity contribution is 6.33. The van der Waals surface area contributed by atoms with Crippen molar-refractivity contribution in [3.05, 3.63) is 5.15 Å². The lowest BCUT2D eigenvalue weighted by atomic mass is 10.4. The summed E-state index contributed by atoms with van der Waals surface area (Å²) < 4.78 is 11.2. The topological polar surface area (TPSA) is 115 Å². The number of amides is 2. The molecule has 0 aromatic carbocycles. The molecule has 1 atom stereocenters. The molecule has 1 aromatic rings. The number of halogens is 1. The Morgan fingerprint density at radius 2 is 2.04 bits per heavy atom. The van der Waals surface area contributed by atoms with E-state index in [2.05, 4.69) is 20.6 Å². The highest BCUT2D eigenvalue weighted by Crippen LogP contribution is 2.35. The summed E-state index contributed by atoms with van der Waals surface area (Å²) in [5.41, 5.74) is 0.105. The van der Waals surface area contributed by atoms with Crippen LogP contribution in [0.4, 0.5) is 17.5 Å². The van der Waals surface area contributed by atoms with Gasteiger partial charge in [-0.05, 0) is 13.8 Å². The van der Waals surface area contributed by atoms with E-state index in [-0.39, 0.29) is 29.2 Å². The molecule has 2 rings (SSSR count). The average Bonchev–Trinajstić information content (AvgIpc) is 2.84. The van der Waals surface area contributed by atoms with Gasteiger partial charge in [0.25, 0.3) is 0 Å². The fraction of sp³-hybridized carbons (Fsp3) is 0.500. The van der Waals surface area contributed by atoms with Crippen molar-refractivity contribution in [1.29, 1.82) is 0 Å². The van der Waals surface area contributed by atoms with Crippen LogP contribution in [0.2, 0.25) is 5.15 Å². The van der Waals surface area contributed by atoms with Gasteiger partial charge in [0.1, 0.15) is 5.69 Å². The van der Waals surface area contributed by atoms with Gasteiger partial charge in [-0.25, -0.2) is 5.06 Å². The number of anilines is 3. The molecule has 10 nitrogen and oxygen atoms in total. The maximum Gasteiger partial charge on any atom is 0.232 e. The molecule has 1 saturated heterocycles. The minimum Gasteiger partial charge on any atom is -0.346 e. The Hall–Kier alpha value is -2.01. The summed E-state index contributed by atoms with van der Waals surface area (Å²) in [6.45, 7) is 3.69. The number of hydrogen-bond donors (Lipinski definition) is 2. The van der Waals surface area contributed by atoms with Crippen LogP contribution in [-0.2, 0) is 23.9 Å². The lowest BCUT2D eigenvalue weighted by molar-refractivity contribution is -0.147. The zero-order valence-corrected chi connectivity index (χ0v) is 13.5. The summed E-state index contributed by atoms with van der Waals surface area (Å²) in [6.07, 6.45) is 0.180. The summed E-state index contributed by atoms with van der Waals surface area (Å²) in [4.78, 5) is 34.7. The number of carbonyl (C=O) groups is 2. The van der Waals surface area contributed by atoms with Gasteiger partial charge in [0.15, 0.2) is 23.0 Å². The van der Waals surface area contributed by atoms with Gasteiger partial charge in [-0.1, -0.05) is 11.6 Å². The number of nitrogens with zero attached hydrogens (tertiary/aromatic N) is 3. The van der Waals surface area contributed by atoms with E-state index in [1.165, 1.54) is 12.2 Å². The van der Waals surface area contributed by atoms with Crippen LogP contribution < -0.4 is 15.7 Å². The largest absolute Gasteiger partial charge is 0.346 e. The van der Waals surface area contributed by atoms with E-state index in [1.807, 2.05) is 0 Å². The van der Waals surface area contributed by atoms with E-state index in [0.29, 0.717) is 12.8 Å². The molecule has 1 aliphatic heterocycles. The van der Waals surface area contributed by atoms with Gasteiger partial charge < -0.3 is 14.8 Å². The lowest BCUT2D eigenvalue weighted by Crippen LogP contribution is -2.38. The number of nitrogens with one attached hydrogen (secondary N) is 2. The molecule has 11 heteroatoms. The SMILES string of the molecule is CON(c1nc(NC=O)nc(Cl)c1NC=O)[C@@H]1COC(C)(C)O1. The Morgan fingerprint density at radius 1 is 1.35 bits per heavy atom. The van der Waals surface area contributed by atoms with Crippen LogP contribution in [0.3, 0.4) is 0 Å².